The van der Waals surface area contributed by atoms with Gasteiger partial charge >= 0.3 is 0 Å². The van der Waals surface area contributed by atoms with Crippen LogP contribution in [0.4, 0.5) is 0 Å². The third-order valence-corrected chi connectivity index (χ3v) is 3.74. The summed E-state index contributed by atoms with van der Waals surface area (Å²) in [5.74, 6) is 1.58. The first-order valence-electron chi connectivity index (χ1n) is 7.44. The summed E-state index contributed by atoms with van der Waals surface area (Å²) in [7, 11) is 1.68. The number of ether oxygens (including phenoxy) is 2. The SMILES string of the molecule is COc1cc(C(CN)N2CCCC2)ccc1OC(C)C. The van der Waals surface area contributed by atoms with E-state index in [1.54, 1.807) is 7.11 Å². The van der Waals surface area contributed by atoms with Gasteiger partial charge in [-0.15, -0.1) is 0 Å². The van der Waals surface area contributed by atoms with Crippen LogP contribution in [0.1, 0.15) is 38.3 Å². The van der Waals surface area contributed by atoms with E-state index in [0.29, 0.717) is 6.54 Å². The highest BCUT2D eigenvalue weighted by Gasteiger charge is 2.23. The minimum Gasteiger partial charge on any atom is -0.493 e. The molecule has 0 amide bonds. The summed E-state index contributed by atoms with van der Waals surface area (Å²) < 4.78 is 11.2. The summed E-state index contributed by atoms with van der Waals surface area (Å²) in [6.07, 6.45) is 2.67. The van der Waals surface area contributed by atoms with Gasteiger partial charge in [0.15, 0.2) is 11.5 Å². The van der Waals surface area contributed by atoms with Crippen LogP contribution in [0.2, 0.25) is 0 Å². The zero-order valence-electron chi connectivity index (χ0n) is 12.8. The molecule has 0 aromatic heterocycles. The Kier molecular flexibility index (Phi) is 5.26. The van der Waals surface area contributed by atoms with Crippen molar-refractivity contribution in [3.05, 3.63) is 23.8 Å². The van der Waals surface area contributed by atoms with Crippen molar-refractivity contribution in [2.75, 3.05) is 26.7 Å². The molecule has 0 bridgehead atoms. The first-order chi connectivity index (χ1) is 9.65. The third-order valence-electron chi connectivity index (χ3n) is 3.74. The molecule has 1 aromatic rings. The van der Waals surface area contributed by atoms with Crippen molar-refractivity contribution in [2.45, 2.75) is 38.8 Å². The normalized spacial score (nSPS) is 17.4. The van der Waals surface area contributed by atoms with Gasteiger partial charge in [-0.2, -0.15) is 0 Å². The number of nitrogens with two attached hydrogens (primary N) is 1. The van der Waals surface area contributed by atoms with Crippen LogP contribution >= 0.6 is 0 Å². The van der Waals surface area contributed by atoms with Crippen LogP contribution in [-0.2, 0) is 0 Å². The van der Waals surface area contributed by atoms with E-state index in [1.807, 2.05) is 19.9 Å². The summed E-state index contributed by atoms with van der Waals surface area (Å²) in [6, 6.07) is 6.44. The van der Waals surface area contributed by atoms with Gasteiger partial charge in [0.2, 0.25) is 0 Å². The predicted octanol–water partition coefficient (Wildman–Crippen LogP) is 2.58. The number of nitrogens with zero attached hydrogens (tertiary/aromatic N) is 1. The van der Waals surface area contributed by atoms with Gasteiger partial charge in [0.25, 0.3) is 0 Å². The Hall–Kier alpha value is -1.26. The fraction of sp³-hybridized carbons (Fsp3) is 0.625. The maximum atomic E-state index is 5.98. The average Bonchev–Trinajstić information content (AvgIpc) is 2.94. The molecule has 0 radical (unpaired) electrons. The summed E-state index contributed by atoms with van der Waals surface area (Å²) in [5.41, 5.74) is 7.19. The summed E-state index contributed by atoms with van der Waals surface area (Å²) in [6.45, 7) is 6.93. The van der Waals surface area contributed by atoms with Crippen LogP contribution in [0.5, 0.6) is 11.5 Å². The van der Waals surface area contributed by atoms with Crippen molar-refractivity contribution in [3.8, 4) is 11.5 Å². The van der Waals surface area contributed by atoms with E-state index in [0.717, 1.165) is 24.6 Å². The third kappa shape index (κ3) is 3.44. The van der Waals surface area contributed by atoms with Crippen molar-refractivity contribution < 1.29 is 9.47 Å². The van der Waals surface area contributed by atoms with Gasteiger partial charge in [-0.1, -0.05) is 6.07 Å². The number of rotatable bonds is 6. The molecular weight excluding hydrogens is 252 g/mol. The molecule has 0 aliphatic carbocycles. The Morgan fingerprint density at radius 1 is 1.20 bits per heavy atom. The molecule has 0 spiro atoms. The molecule has 20 heavy (non-hydrogen) atoms. The molecule has 2 rings (SSSR count). The van der Waals surface area contributed by atoms with E-state index in [2.05, 4.69) is 17.0 Å². The van der Waals surface area contributed by atoms with E-state index in [9.17, 15) is 0 Å². The number of hydrogen-bond acceptors (Lipinski definition) is 4. The van der Waals surface area contributed by atoms with E-state index in [1.165, 1.54) is 18.4 Å². The Labute approximate surface area is 121 Å². The molecule has 4 heteroatoms. The predicted molar refractivity (Wildman–Crippen MR) is 81.4 cm³/mol. The minimum absolute atomic E-state index is 0.138. The smallest absolute Gasteiger partial charge is 0.161 e. The Bertz CT molecular complexity index is 428. The summed E-state index contributed by atoms with van der Waals surface area (Å²) in [5, 5.41) is 0. The fourth-order valence-electron chi connectivity index (χ4n) is 2.79. The van der Waals surface area contributed by atoms with Crippen LogP contribution in [0, 0.1) is 0 Å². The van der Waals surface area contributed by atoms with Gasteiger partial charge in [-0.25, -0.2) is 0 Å². The molecule has 1 aliphatic rings. The zero-order chi connectivity index (χ0) is 14.5. The molecule has 1 saturated heterocycles. The number of methoxy groups -OCH3 is 1. The lowest BCUT2D eigenvalue weighted by atomic mass is 10.0. The molecule has 4 nitrogen and oxygen atoms in total. The summed E-state index contributed by atoms with van der Waals surface area (Å²) >= 11 is 0. The zero-order valence-corrected chi connectivity index (χ0v) is 12.8. The van der Waals surface area contributed by atoms with Crippen LogP contribution in [0.3, 0.4) is 0 Å². The maximum Gasteiger partial charge on any atom is 0.161 e. The highest BCUT2D eigenvalue weighted by atomic mass is 16.5. The molecule has 0 saturated carbocycles. The van der Waals surface area contributed by atoms with Gasteiger partial charge in [0, 0.05) is 12.6 Å². The second kappa shape index (κ2) is 6.95. The standard InChI is InChI=1S/C16H26N2O2/c1-12(2)20-15-7-6-13(10-16(15)19-3)14(11-17)18-8-4-5-9-18/h6-7,10,12,14H,4-5,8-9,11,17H2,1-3H3. The Morgan fingerprint density at radius 2 is 1.90 bits per heavy atom. The number of likely N-dealkylation sites (tertiary alicyclic amines) is 1. The van der Waals surface area contributed by atoms with Crippen LogP contribution < -0.4 is 15.2 Å². The first-order valence-corrected chi connectivity index (χ1v) is 7.44. The highest BCUT2D eigenvalue weighted by molar-refractivity contribution is 5.44. The quantitative estimate of drug-likeness (QED) is 0.869. The van der Waals surface area contributed by atoms with Gasteiger partial charge in [-0.3, -0.25) is 4.90 Å². The second-order valence-electron chi connectivity index (χ2n) is 5.57. The summed E-state index contributed by atoms with van der Waals surface area (Å²) in [4.78, 5) is 2.46. The average molecular weight is 278 g/mol. The number of hydrogen-bond donors (Lipinski definition) is 1. The highest BCUT2D eigenvalue weighted by Crippen LogP contribution is 2.33. The molecule has 1 aromatic carbocycles. The molecule has 112 valence electrons. The molecule has 1 fully saturated rings. The second-order valence-corrected chi connectivity index (χ2v) is 5.57. The molecule has 2 N–H and O–H groups in total. The lowest BCUT2D eigenvalue weighted by Gasteiger charge is -2.27. The molecule has 1 aliphatic heterocycles. The molecule has 1 heterocycles. The number of benzene rings is 1. The largest absolute Gasteiger partial charge is 0.493 e. The van der Waals surface area contributed by atoms with E-state index in [-0.39, 0.29) is 12.1 Å². The van der Waals surface area contributed by atoms with Crippen LogP contribution in [-0.4, -0.2) is 37.7 Å². The van der Waals surface area contributed by atoms with Crippen molar-refractivity contribution >= 4 is 0 Å². The first kappa shape index (κ1) is 15.1. The van der Waals surface area contributed by atoms with Crippen molar-refractivity contribution in [1.82, 2.24) is 4.90 Å². The van der Waals surface area contributed by atoms with Crippen molar-refractivity contribution in [1.29, 1.82) is 0 Å². The molecule has 1 unspecified atom stereocenters. The van der Waals surface area contributed by atoms with Gasteiger partial charge < -0.3 is 15.2 Å². The monoisotopic (exact) mass is 278 g/mol. The van der Waals surface area contributed by atoms with E-state index >= 15 is 0 Å². The Balaban J connectivity index is 2.22. The van der Waals surface area contributed by atoms with Crippen molar-refractivity contribution in [3.63, 3.8) is 0 Å². The van der Waals surface area contributed by atoms with Crippen molar-refractivity contribution in [2.24, 2.45) is 5.73 Å². The van der Waals surface area contributed by atoms with Gasteiger partial charge in [0.05, 0.1) is 13.2 Å². The van der Waals surface area contributed by atoms with Crippen LogP contribution in [0.15, 0.2) is 18.2 Å². The van der Waals surface area contributed by atoms with Gasteiger partial charge in [-0.05, 0) is 57.5 Å². The van der Waals surface area contributed by atoms with E-state index in [4.69, 9.17) is 15.2 Å². The van der Waals surface area contributed by atoms with E-state index < -0.39 is 0 Å². The lowest BCUT2D eigenvalue weighted by Crippen LogP contribution is -2.31. The van der Waals surface area contributed by atoms with Crippen LogP contribution in [0.25, 0.3) is 0 Å². The maximum absolute atomic E-state index is 5.98. The topological polar surface area (TPSA) is 47.7 Å². The minimum atomic E-state index is 0.138. The lowest BCUT2D eigenvalue weighted by molar-refractivity contribution is 0.228. The fourth-order valence-corrected chi connectivity index (χ4v) is 2.79. The van der Waals surface area contributed by atoms with Gasteiger partial charge in [0.1, 0.15) is 0 Å². The Morgan fingerprint density at radius 3 is 2.45 bits per heavy atom. The molecular formula is C16H26N2O2. The molecule has 1 atom stereocenters.